The van der Waals surface area contributed by atoms with Crippen LogP contribution in [0.5, 0.6) is 0 Å². The second-order valence-electron chi connectivity index (χ2n) is 13.6. The van der Waals surface area contributed by atoms with Crippen molar-refractivity contribution in [3.8, 4) is 22.3 Å². The van der Waals surface area contributed by atoms with Gasteiger partial charge in [0.2, 0.25) is 0 Å². The molecule has 2 aliphatic carbocycles. The maximum Gasteiger partial charge on any atom is 0.0326 e. The predicted octanol–water partition coefficient (Wildman–Crippen LogP) is 12.5. The zero-order chi connectivity index (χ0) is 29.4. The van der Waals surface area contributed by atoms with E-state index in [2.05, 4.69) is 148 Å². The summed E-state index contributed by atoms with van der Waals surface area (Å²) < 4.78 is 1.08. The third-order valence-electron chi connectivity index (χ3n) is 9.48. The molecule has 208 valence electrons. The SMILES string of the molecule is C=Cc1cccc(-c2c(-c3cc4ccc5c(c4cc3C)C(C)(C)CC3=C5C=CC(C)(C)C3)ccc3ccccc23)c1Br. The van der Waals surface area contributed by atoms with E-state index < -0.39 is 0 Å². The molecule has 0 saturated heterocycles. The third-order valence-corrected chi connectivity index (χ3v) is 10.4. The Morgan fingerprint density at radius 1 is 0.738 bits per heavy atom. The Bertz CT molecular complexity index is 2010. The highest BCUT2D eigenvalue weighted by Gasteiger charge is 2.36. The van der Waals surface area contributed by atoms with Crippen molar-refractivity contribution >= 4 is 49.1 Å². The second kappa shape index (κ2) is 9.68. The third kappa shape index (κ3) is 4.24. The summed E-state index contributed by atoms with van der Waals surface area (Å²) in [5, 5.41) is 5.20. The van der Waals surface area contributed by atoms with Gasteiger partial charge in [0.1, 0.15) is 0 Å². The van der Waals surface area contributed by atoms with Gasteiger partial charge in [-0.05, 0) is 124 Å². The second-order valence-corrected chi connectivity index (χ2v) is 14.4. The minimum atomic E-state index is 0.0764. The van der Waals surface area contributed by atoms with Crippen molar-refractivity contribution in [2.45, 2.75) is 52.9 Å². The van der Waals surface area contributed by atoms with Gasteiger partial charge in [-0.2, -0.15) is 0 Å². The number of halogens is 1. The molecule has 0 unspecified atom stereocenters. The van der Waals surface area contributed by atoms with Crippen LogP contribution < -0.4 is 0 Å². The molecule has 0 radical (unpaired) electrons. The molecule has 2 aliphatic rings. The highest BCUT2D eigenvalue weighted by Crippen LogP contribution is 2.52. The fourth-order valence-corrected chi connectivity index (χ4v) is 8.23. The van der Waals surface area contributed by atoms with E-state index in [1.165, 1.54) is 66.1 Å². The predicted molar refractivity (Wildman–Crippen MR) is 187 cm³/mol. The largest absolute Gasteiger partial charge is 0.0984 e. The Kier molecular flexibility index (Phi) is 6.26. The lowest BCUT2D eigenvalue weighted by atomic mass is 9.64. The minimum Gasteiger partial charge on any atom is -0.0984 e. The van der Waals surface area contributed by atoms with Gasteiger partial charge in [0.25, 0.3) is 0 Å². The first-order valence-corrected chi connectivity index (χ1v) is 15.8. The normalized spacial score (nSPS) is 16.9. The van der Waals surface area contributed by atoms with E-state index in [1.54, 1.807) is 5.57 Å². The van der Waals surface area contributed by atoms with Crippen molar-refractivity contribution in [2.75, 3.05) is 0 Å². The Morgan fingerprint density at radius 3 is 2.31 bits per heavy atom. The summed E-state index contributed by atoms with van der Waals surface area (Å²) in [5.74, 6) is 0. The van der Waals surface area contributed by atoms with Crippen LogP contribution in [0.25, 0.3) is 55.4 Å². The molecule has 0 aromatic heterocycles. The smallest absolute Gasteiger partial charge is 0.0326 e. The highest BCUT2D eigenvalue weighted by molar-refractivity contribution is 9.10. The summed E-state index contributed by atoms with van der Waals surface area (Å²) in [4.78, 5) is 0. The van der Waals surface area contributed by atoms with Crippen LogP contribution in [0.2, 0.25) is 0 Å². The highest BCUT2D eigenvalue weighted by atomic mass is 79.9. The lowest BCUT2D eigenvalue weighted by Gasteiger charge is -2.40. The Hall–Kier alpha value is -3.68. The first kappa shape index (κ1) is 27.2. The van der Waals surface area contributed by atoms with Gasteiger partial charge in [0, 0.05) is 4.47 Å². The number of fused-ring (bicyclic) bond motifs is 5. The first-order chi connectivity index (χ1) is 20.1. The fourth-order valence-electron chi connectivity index (χ4n) is 7.60. The standard InChI is InChI=1S/C41H37Br/c1-7-26-12-10-14-34(39(26)42)37-31-13-9-8-11-27(31)15-17-32(37)35-22-28-16-18-33-30-19-20-40(3,4)23-29(30)24-41(5,6)38(33)36(28)21-25(35)2/h7-22H,1,23-24H2,2-6H3. The molecule has 0 amide bonds. The molecule has 0 aliphatic heterocycles. The molecule has 5 aromatic carbocycles. The average molecular weight is 610 g/mol. The molecule has 42 heavy (non-hydrogen) atoms. The monoisotopic (exact) mass is 608 g/mol. The van der Waals surface area contributed by atoms with Crippen LogP contribution in [-0.2, 0) is 5.41 Å². The van der Waals surface area contributed by atoms with Gasteiger partial charge in [-0.25, -0.2) is 0 Å². The van der Waals surface area contributed by atoms with Crippen LogP contribution in [0.4, 0.5) is 0 Å². The Labute approximate surface area is 258 Å². The van der Waals surface area contributed by atoms with Gasteiger partial charge >= 0.3 is 0 Å². The van der Waals surface area contributed by atoms with E-state index in [9.17, 15) is 0 Å². The van der Waals surface area contributed by atoms with Gasteiger partial charge in [0.05, 0.1) is 0 Å². The van der Waals surface area contributed by atoms with Crippen LogP contribution in [-0.4, -0.2) is 0 Å². The number of aryl methyl sites for hydroxylation is 1. The van der Waals surface area contributed by atoms with Crippen LogP contribution in [0.1, 0.15) is 62.8 Å². The van der Waals surface area contributed by atoms with Gasteiger partial charge in [-0.1, -0.05) is 131 Å². The number of rotatable bonds is 3. The zero-order valence-corrected chi connectivity index (χ0v) is 26.8. The molecule has 0 bridgehead atoms. The van der Waals surface area contributed by atoms with Crippen molar-refractivity contribution in [3.05, 3.63) is 130 Å². The van der Waals surface area contributed by atoms with Gasteiger partial charge < -0.3 is 0 Å². The molecule has 0 heterocycles. The van der Waals surface area contributed by atoms with Crippen molar-refractivity contribution in [1.82, 2.24) is 0 Å². The lowest BCUT2D eigenvalue weighted by Crippen LogP contribution is -2.27. The summed E-state index contributed by atoms with van der Waals surface area (Å²) in [5.41, 5.74) is 13.7. The summed E-state index contributed by atoms with van der Waals surface area (Å²) in [6, 6.07) is 29.4. The van der Waals surface area contributed by atoms with Crippen LogP contribution in [0, 0.1) is 12.3 Å². The quantitative estimate of drug-likeness (QED) is 0.191. The first-order valence-electron chi connectivity index (χ1n) is 15.0. The number of hydrogen-bond acceptors (Lipinski definition) is 0. The zero-order valence-electron chi connectivity index (χ0n) is 25.2. The summed E-state index contributed by atoms with van der Waals surface area (Å²) >= 11 is 3.94. The molecule has 0 saturated carbocycles. The Morgan fingerprint density at radius 2 is 1.50 bits per heavy atom. The van der Waals surface area contributed by atoms with Crippen molar-refractivity contribution in [3.63, 3.8) is 0 Å². The van der Waals surface area contributed by atoms with Crippen molar-refractivity contribution < 1.29 is 0 Å². The molecular weight excluding hydrogens is 572 g/mol. The van der Waals surface area contributed by atoms with E-state index in [-0.39, 0.29) is 10.8 Å². The van der Waals surface area contributed by atoms with Crippen molar-refractivity contribution in [1.29, 1.82) is 0 Å². The maximum absolute atomic E-state index is 4.06. The van der Waals surface area contributed by atoms with Crippen molar-refractivity contribution in [2.24, 2.45) is 5.41 Å². The molecule has 7 rings (SSSR count). The summed E-state index contributed by atoms with van der Waals surface area (Å²) in [6.07, 6.45) is 8.99. The average Bonchev–Trinajstić information content (AvgIpc) is 2.95. The van der Waals surface area contributed by atoms with E-state index >= 15 is 0 Å². The molecule has 0 fully saturated rings. The van der Waals surface area contributed by atoms with Gasteiger partial charge in [0.15, 0.2) is 0 Å². The number of benzene rings is 5. The number of hydrogen-bond donors (Lipinski definition) is 0. The molecule has 0 spiro atoms. The van der Waals surface area contributed by atoms with E-state index in [0.29, 0.717) is 0 Å². The van der Waals surface area contributed by atoms with Crippen LogP contribution in [0.3, 0.4) is 0 Å². The number of allylic oxidation sites excluding steroid dienone is 4. The fraction of sp³-hybridized carbons (Fsp3) is 0.220. The van der Waals surface area contributed by atoms with E-state index in [0.717, 1.165) is 22.9 Å². The topological polar surface area (TPSA) is 0 Å². The maximum atomic E-state index is 4.06. The van der Waals surface area contributed by atoms with Gasteiger partial charge in [-0.15, -0.1) is 0 Å². The summed E-state index contributed by atoms with van der Waals surface area (Å²) in [7, 11) is 0. The Balaban J connectivity index is 1.48. The molecule has 1 heteroatoms. The van der Waals surface area contributed by atoms with Crippen LogP contribution in [0.15, 0.2) is 108 Å². The van der Waals surface area contributed by atoms with E-state index in [4.69, 9.17) is 0 Å². The van der Waals surface area contributed by atoms with E-state index in [1.807, 2.05) is 6.08 Å². The molecule has 5 aromatic rings. The van der Waals surface area contributed by atoms with Crippen LogP contribution >= 0.6 is 15.9 Å². The summed E-state index contributed by atoms with van der Waals surface area (Å²) in [6.45, 7) is 15.9. The minimum absolute atomic E-state index is 0.0764. The molecular formula is C41H37Br. The van der Waals surface area contributed by atoms with Gasteiger partial charge in [-0.3, -0.25) is 0 Å². The molecule has 0 N–H and O–H groups in total. The lowest BCUT2D eigenvalue weighted by molar-refractivity contribution is 0.429. The molecule has 0 atom stereocenters. The molecule has 0 nitrogen and oxygen atoms in total.